The van der Waals surface area contributed by atoms with Gasteiger partial charge in [0.15, 0.2) is 0 Å². The Morgan fingerprint density at radius 2 is 1.90 bits per heavy atom. The molecule has 0 aliphatic heterocycles. The van der Waals surface area contributed by atoms with Gasteiger partial charge < -0.3 is 5.73 Å². The van der Waals surface area contributed by atoms with Crippen LogP contribution in [-0.4, -0.2) is 8.42 Å². The van der Waals surface area contributed by atoms with Crippen molar-refractivity contribution in [1.82, 2.24) is 0 Å². The minimum absolute atomic E-state index is 0.0376. The second kappa shape index (κ2) is 5.63. The maximum absolute atomic E-state index is 12.4. The van der Waals surface area contributed by atoms with E-state index in [1.807, 2.05) is 19.1 Å². The molecule has 0 amide bonds. The number of halogens is 2. The van der Waals surface area contributed by atoms with Crippen molar-refractivity contribution in [2.45, 2.75) is 11.8 Å². The van der Waals surface area contributed by atoms with Crippen molar-refractivity contribution >= 4 is 48.9 Å². The molecule has 0 fully saturated rings. The first kappa shape index (κ1) is 15.2. The van der Waals surface area contributed by atoms with Crippen molar-refractivity contribution in [2.24, 2.45) is 0 Å². The molecule has 0 saturated heterocycles. The van der Waals surface area contributed by atoms with Crippen molar-refractivity contribution in [2.75, 3.05) is 10.5 Å². The average molecular weight is 376 g/mol. The van der Waals surface area contributed by atoms with Crippen LogP contribution in [-0.2, 0) is 10.0 Å². The second-order valence-electron chi connectivity index (χ2n) is 4.25. The smallest absolute Gasteiger partial charge is 0.264 e. The van der Waals surface area contributed by atoms with E-state index in [1.54, 1.807) is 12.1 Å². The highest BCUT2D eigenvalue weighted by Gasteiger charge is 2.19. The van der Waals surface area contributed by atoms with E-state index >= 15 is 0 Å². The summed E-state index contributed by atoms with van der Waals surface area (Å²) in [5.74, 6) is 0. The Bertz CT molecular complexity index is 763. The molecular weight excluding hydrogens is 364 g/mol. The van der Waals surface area contributed by atoms with Crippen LogP contribution in [0.4, 0.5) is 11.4 Å². The zero-order valence-electron chi connectivity index (χ0n) is 10.5. The zero-order chi connectivity index (χ0) is 14.9. The first-order valence-corrected chi connectivity index (χ1v) is 8.29. The summed E-state index contributed by atoms with van der Waals surface area (Å²) in [4.78, 5) is -0.0376. The zero-order valence-corrected chi connectivity index (χ0v) is 13.7. The molecule has 3 N–H and O–H groups in total. The lowest BCUT2D eigenvalue weighted by Gasteiger charge is -2.12. The Hall–Kier alpha value is -1.24. The van der Waals surface area contributed by atoms with Crippen molar-refractivity contribution in [3.63, 3.8) is 0 Å². The number of hydrogen-bond acceptors (Lipinski definition) is 3. The third-order valence-electron chi connectivity index (χ3n) is 2.71. The third-order valence-corrected chi connectivity index (χ3v) is 4.86. The first-order chi connectivity index (χ1) is 9.29. The monoisotopic (exact) mass is 374 g/mol. The van der Waals surface area contributed by atoms with Gasteiger partial charge >= 0.3 is 0 Å². The summed E-state index contributed by atoms with van der Waals surface area (Å²) in [7, 11) is -3.79. The summed E-state index contributed by atoms with van der Waals surface area (Å²) < 4.78 is 28.0. The molecule has 2 aromatic rings. The molecule has 4 nitrogen and oxygen atoms in total. The minimum atomic E-state index is -3.79. The van der Waals surface area contributed by atoms with Crippen molar-refractivity contribution < 1.29 is 8.42 Å². The maximum atomic E-state index is 12.4. The summed E-state index contributed by atoms with van der Waals surface area (Å²) in [6.07, 6.45) is 0. The molecule has 0 unspecified atom stereocenters. The average Bonchev–Trinajstić information content (AvgIpc) is 2.36. The van der Waals surface area contributed by atoms with Crippen LogP contribution in [0.3, 0.4) is 0 Å². The molecule has 0 radical (unpaired) electrons. The van der Waals surface area contributed by atoms with Crippen LogP contribution >= 0.6 is 27.5 Å². The first-order valence-electron chi connectivity index (χ1n) is 5.63. The van der Waals surface area contributed by atoms with Gasteiger partial charge in [0.05, 0.1) is 11.4 Å². The Morgan fingerprint density at radius 3 is 2.60 bits per heavy atom. The van der Waals surface area contributed by atoms with E-state index in [-0.39, 0.29) is 10.6 Å². The lowest BCUT2D eigenvalue weighted by molar-refractivity contribution is 0.601. The summed E-state index contributed by atoms with van der Waals surface area (Å²) in [5.41, 5.74) is 7.15. The molecule has 0 aromatic heterocycles. The van der Waals surface area contributed by atoms with Crippen molar-refractivity contribution in [3.8, 4) is 0 Å². The normalized spacial score (nSPS) is 11.3. The van der Waals surface area contributed by atoms with Gasteiger partial charge in [-0.3, -0.25) is 4.72 Å². The van der Waals surface area contributed by atoms with Gasteiger partial charge in [-0.2, -0.15) is 0 Å². The van der Waals surface area contributed by atoms with E-state index in [9.17, 15) is 8.42 Å². The summed E-state index contributed by atoms with van der Waals surface area (Å²) in [6, 6.07) is 9.66. The number of benzene rings is 2. The minimum Gasteiger partial charge on any atom is -0.398 e. The predicted molar refractivity (Wildman–Crippen MR) is 85.6 cm³/mol. The van der Waals surface area contributed by atoms with Crippen LogP contribution in [0, 0.1) is 6.92 Å². The molecular formula is C13H12BrClN2O2S. The van der Waals surface area contributed by atoms with Gasteiger partial charge in [-0.1, -0.05) is 33.6 Å². The van der Waals surface area contributed by atoms with E-state index < -0.39 is 10.0 Å². The highest BCUT2D eigenvalue weighted by Crippen LogP contribution is 2.27. The second-order valence-corrected chi connectivity index (χ2v) is 7.25. The number of aryl methyl sites for hydroxylation is 1. The van der Waals surface area contributed by atoms with Gasteiger partial charge in [0.25, 0.3) is 10.0 Å². The molecule has 0 atom stereocenters. The highest BCUT2D eigenvalue weighted by molar-refractivity contribution is 9.10. The molecule has 0 heterocycles. The van der Waals surface area contributed by atoms with E-state index in [4.69, 9.17) is 17.3 Å². The Labute approximate surface area is 131 Å². The third kappa shape index (κ3) is 3.26. The fourth-order valence-electron chi connectivity index (χ4n) is 1.64. The molecule has 0 bridgehead atoms. The molecule has 0 aliphatic carbocycles. The van der Waals surface area contributed by atoms with Crippen LogP contribution in [0.1, 0.15) is 5.56 Å². The van der Waals surface area contributed by atoms with E-state index in [2.05, 4.69) is 20.7 Å². The van der Waals surface area contributed by atoms with Crippen LogP contribution in [0.5, 0.6) is 0 Å². The number of rotatable bonds is 3. The van der Waals surface area contributed by atoms with Gasteiger partial charge in [0, 0.05) is 9.50 Å². The molecule has 2 aromatic carbocycles. The highest BCUT2D eigenvalue weighted by atomic mass is 79.9. The van der Waals surface area contributed by atoms with E-state index in [0.29, 0.717) is 10.7 Å². The number of nitrogens with two attached hydrogens (primary N) is 1. The summed E-state index contributed by atoms with van der Waals surface area (Å²) in [6.45, 7) is 1.81. The van der Waals surface area contributed by atoms with Crippen molar-refractivity contribution in [1.29, 1.82) is 0 Å². The van der Waals surface area contributed by atoms with Gasteiger partial charge in [-0.15, -0.1) is 0 Å². The molecule has 7 heteroatoms. The topological polar surface area (TPSA) is 72.2 Å². The largest absolute Gasteiger partial charge is 0.398 e. The number of sulfonamides is 1. The molecule has 0 aliphatic rings. The lowest BCUT2D eigenvalue weighted by Crippen LogP contribution is -2.15. The van der Waals surface area contributed by atoms with Crippen LogP contribution < -0.4 is 10.5 Å². The Balaban J connectivity index is 2.46. The SMILES string of the molecule is Cc1ccc(Br)cc1NS(=O)(=O)c1cc(Cl)ccc1N. The number of anilines is 2. The molecule has 0 saturated carbocycles. The summed E-state index contributed by atoms with van der Waals surface area (Å²) in [5, 5.41) is 0.311. The molecule has 2 rings (SSSR count). The van der Waals surface area contributed by atoms with Crippen LogP contribution in [0.25, 0.3) is 0 Å². The van der Waals surface area contributed by atoms with Gasteiger partial charge in [0.2, 0.25) is 0 Å². The number of nitrogens with one attached hydrogen (secondary N) is 1. The van der Waals surface area contributed by atoms with E-state index in [1.165, 1.54) is 12.1 Å². The molecule has 0 spiro atoms. The van der Waals surface area contributed by atoms with Gasteiger partial charge in [0.1, 0.15) is 4.90 Å². The van der Waals surface area contributed by atoms with Crippen LogP contribution in [0.15, 0.2) is 45.8 Å². The van der Waals surface area contributed by atoms with Crippen LogP contribution in [0.2, 0.25) is 5.02 Å². The predicted octanol–water partition coefficient (Wildman–Crippen LogP) is 3.79. The van der Waals surface area contributed by atoms with E-state index in [0.717, 1.165) is 10.0 Å². The fraction of sp³-hybridized carbons (Fsp3) is 0.0769. The number of nitrogen functional groups attached to an aromatic ring is 1. The van der Waals surface area contributed by atoms with Gasteiger partial charge in [-0.25, -0.2) is 8.42 Å². The van der Waals surface area contributed by atoms with Gasteiger partial charge in [-0.05, 0) is 42.8 Å². The number of hydrogen-bond donors (Lipinski definition) is 2. The Kier molecular flexibility index (Phi) is 4.27. The standard InChI is InChI=1S/C13H12BrClN2O2S/c1-8-2-3-9(14)6-12(8)17-20(18,19)13-7-10(15)4-5-11(13)16/h2-7,17H,16H2,1H3. The fourth-order valence-corrected chi connectivity index (χ4v) is 3.52. The summed E-state index contributed by atoms with van der Waals surface area (Å²) >= 11 is 9.13. The Morgan fingerprint density at radius 1 is 1.20 bits per heavy atom. The lowest BCUT2D eigenvalue weighted by atomic mass is 10.2. The van der Waals surface area contributed by atoms with Crippen molar-refractivity contribution in [3.05, 3.63) is 51.5 Å². The maximum Gasteiger partial charge on any atom is 0.264 e. The molecule has 20 heavy (non-hydrogen) atoms. The molecule has 106 valence electrons. The quantitative estimate of drug-likeness (QED) is 0.802.